The molecule has 0 saturated heterocycles. The van der Waals surface area contributed by atoms with Crippen molar-refractivity contribution in [1.82, 2.24) is 15.0 Å². The van der Waals surface area contributed by atoms with Crippen LogP contribution in [0.15, 0.2) is 49.1 Å². The molecule has 0 aromatic carbocycles. The van der Waals surface area contributed by atoms with Crippen LogP contribution < -0.4 is 0 Å². The predicted molar refractivity (Wildman–Crippen MR) is 76.8 cm³/mol. The summed E-state index contributed by atoms with van der Waals surface area (Å²) >= 11 is 0. The van der Waals surface area contributed by atoms with Gasteiger partial charge in [0.15, 0.2) is 0 Å². The van der Waals surface area contributed by atoms with Crippen molar-refractivity contribution < 1.29 is 0 Å². The lowest BCUT2D eigenvalue weighted by Crippen LogP contribution is -1.95. The van der Waals surface area contributed by atoms with E-state index in [-0.39, 0.29) is 0 Å². The van der Waals surface area contributed by atoms with E-state index in [1.54, 1.807) is 12.4 Å². The Hall–Kier alpha value is -2.29. The van der Waals surface area contributed by atoms with Crippen molar-refractivity contribution in [1.29, 1.82) is 0 Å². The van der Waals surface area contributed by atoms with Gasteiger partial charge in [0, 0.05) is 46.8 Å². The van der Waals surface area contributed by atoms with E-state index in [9.17, 15) is 0 Å². The number of hydrogen-bond donors (Lipinski definition) is 0. The maximum absolute atomic E-state index is 4.81. The fourth-order valence-electron chi connectivity index (χ4n) is 2.27. The molecule has 0 aliphatic heterocycles. The summed E-state index contributed by atoms with van der Waals surface area (Å²) in [5.74, 6) is 0. The van der Waals surface area contributed by atoms with Gasteiger partial charge in [-0.05, 0) is 30.7 Å². The third kappa shape index (κ3) is 2.32. The Morgan fingerprint density at radius 2 is 1.79 bits per heavy atom. The fraction of sp³-hybridized carbons (Fsp3) is 0.188. The molecule has 3 nitrogen and oxygen atoms in total. The molecule has 0 N–H and O–H groups in total. The minimum Gasteiger partial charge on any atom is -0.265 e. The molecule has 0 aliphatic rings. The molecule has 94 valence electrons. The summed E-state index contributed by atoms with van der Waals surface area (Å²) in [6, 6.07) is 8.11. The van der Waals surface area contributed by atoms with Crippen LogP contribution in [0, 0.1) is 0 Å². The summed E-state index contributed by atoms with van der Waals surface area (Å²) in [5, 5.41) is 2.35. The van der Waals surface area contributed by atoms with Crippen LogP contribution in [0.4, 0.5) is 0 Å². The van der Waals surface area contributed by atoms with Gasteiger partial charge in [-0.25, -0.2) is 0 Å². The van der Waals surface area contributed by atoms with Crippen molar-refractivity contribution in [2.75, 3.05) is 0 Å². The SMILES string of the molecule is CCCc1nc(-c2ccncc2)cc2cnccc12. The van der Waals surface area contributed by atoms with Gasteiger partial charge in [0.25, 0.3) is 0 Å². The monoisotopic (exact) mass is 249 g/mol. The lowest BCUT2D eigenvalue weighted by Gasteiger charge is -2.08. The molecule has 3 heterocycles. The van der Waals surface area contributed by atoms with E-state index in [1.807, 2.05) is 30.6 Å². The highest BCUT2D eigenvalue weighted by atomic mass is 14.7. The van der Waals surface area contributed by atoms with E-state index in [2.05, 4.69) is 23.0 Å². The van der Waals surface area contributed by atoms with E-state index < -0.39 is 0 Å². The van der Waals surface area contributed by atoms with Crippen LogP contribution in [0.25, 0.3) is 22.0 Å². The van der Waals surface area contributed by atoms with E-state index in [0.29, 0.717) is 0 Å². The average molecular weight is 249 g/mol. The Morgan fingerprint density at radius 3 is 2.58 bits per heavy atom. The lowest BCUT2D eigenvalue weighted by atomic mass is 10.1. The number of aromatic nitrogens is 3. The van der Waals surface area contributed by atoms with Crippen molar-refractivity contribution in [3.05, 3.63) is 54.7 Å². The normalized spacial score (nSPS) is 10.8. The molecule has 0 unspecified atom stereocenters. The summed E-state index contributed by atoms with van der Waals surface area (Å²) < 4.78 is 0. The van der Waals surface area contributed by atoms with Gasteiger partial charge in [0.2, 0.25) is 0 Å². The van der Waals surface area contributed by atoms with Crippen LogP contribution in [0.3, 0.4) is 0 Å². The number of nitrogens with zero attached hydrogens (tertiary/aromatic N) is 3. The smallest absolute Gasteiger partial charge is 0.0713 e. The lowest BCUT2D eigenvalue weighted by molar-refractivity contribution is 0.894. The number of fused-ring (bicyclic) bond motifs is 1. The highest BCUT2D eigenvalue weighted by Gasteiger charge is 2.07. The molecule has 0 saturated carbocycles. The first-order chi connectivity index (χ1) is 9.38. The molecule has 0 fully saturated rings. The minimum atomic E-state index is 0.986. The van der Waals surface area contributed by atoms with E-state index >= 15 is 0 Å². The van der Waals surface area contributed by atoms with Crippen LogP contribution in [-0.4, -0.2) is 15.0 Å². The second kappa shape index (κ2) is 5.14. The van der Waals surface area contributed by atoms with Crippen molar-refractivity contribution in [2.24, 2.45) is 0 Å². The average Bonchev–Trinajstić information content (AvgIpc) is 2.48. The summed E-state index contributed by atoms with van der Waals surface area (Å²) in [7, 11) is 0. The molecule has 0 amide bonds. The van der Waals surface area contributed by atoms with Gasteiger partial charge < -0.3 is 0 Å². The third-order valence-corrected chi connectivity index (χ3v) is 3.17. The first-order valence-corrected chi connectivity index (χ1v) is 6.52. The molecular weight excluding hydrogens is 234 g/mol. The summed E-state index contributed by atoms with van der Waals surface area (Å²) in [5.41, 5.74) is 3.23. The summed E-state index contributed by atoms with van der Waals surface area (Å²) in [6.07, 6.45) is 9.40. The fourth-order valence-corrected chi connectivity index (χ4v) is 2.27. The van der Waals surface area contributed by atoms with Crippen LogP contribution >= 0.6 is 0 Å². The maximum atomic E-state index is 4.81. The van der Waals surface area contributed by atoms with Gasteiger partial charge in [0.05, 0.1) is 5.69 Å². The first kappa shape index (κ1) is 11.8. The molecule has 0 atom stereocenters. The highest BCUT2D eigenvalue weighted by molar-refractivity contribution is 5.87. The molecule has 3 aromatic rings. The number of aryl methyl sites for hydroxylation is 1. The third-order valence-electron chi connectivity index (χ3n) is 3.17. The molecule has 3 heteroatoms. The van der Waals surface area contributed by atoms with Crippen LogP contribution in [0.5, 0.6) is 0 Å². The summed E-state index contributed by atoms with van der Waals surface area (Å²) in [6.45, 7) is 2.17. The molecule has 0 spiro atoms. The molecule has 0 aliphatic carbocycles. The highest BCUT2D eigenvalue weighted by Crippen LogP contribution is 2.24. The van der Waals surface area contributed by atoms with Crippen molar-refractivity contribution in [3.63, 3.8) is 0 Å². The molecule has 19 heavy (non-hydrogen) atoms. The Morgan fingerprint density at radius 1 is 1.00 bits per heavy atom. The van der Waals surface area contributed by atoms with E-state index in [1.165, 1.54) is 5.39 Å². The van der Waals surface area contributed by atoms with Crippen LogP contribution in [0.2, 0.25) is 0 Å². The van der Waals surface area contributed by atoms with E-state index in [0.717, 1.165) is 35.2 Å². The van der Waals surface area contributed by atoms with Crippen LogP contribution in [0.1, 0.15) is 19.0 Å². The molecular formula is C16H15N3. The number of pyridine rings is 3. The van der Waals surface area contributed by atoms with Gasteiger partial charge in [-0.2, -0.15) is 0 Å². The largest absolute Gasteiger partial charge is 0.265 e. The molecule has 0 radical (unpaired) electrons. The predicted octanol–water partition coefficient (Wildman–Crippen LogP) is 3.64. The zero-order valence-corrected chi connectivity index (χ0v) is 10.9. The van der Waals surface area contributed by atoms with Gasteiger partial charge in [-0.3, -0.25) is 15.0 Å². The van der Waals surface area contributed by atoms with E-state index in [4.69, 9.17) is 4.98 Å². The zero-order chi connectivity index (χ0) is 13.1. The van der Waals surface area contributed by atoms with Gasteiger partial charge in [0.1, 0.15) is 0 Å². The molecule has 0 bridgehead atoms. The minimum absolute atomic E-state index is 0.986. The topological polar surface area (TPSA) is 38.7 Å². The van der Waals surface area contributed by atoms with Crippen molar-refractivity contribution in [2.45, 2.75) is 19.8 Å². The Kier molecular flexibility index (Phi) is 3.19. The van der Waals surface area contributed by atoms with Crippen molar-refractivity contribution >= 4 is 10.8 Å². The van der Waals surface area contributed by atoms with Gasteiger partial charge >= 0.3 is 0 Å². The zero-order valence-electron chi connectivity index (χ0n) is 10.9. The van der Waals surface area contributed by atoms with Crippen LogP contribution in [-0.2, 0) is 6.42 Å². The van der Waals surface area contributed by atoms with Crippen molar-refractivity contribution in [3.8, 4) is 11.3 Å². The van der Waals surface area contributed by atoms with Gasteiger partial charge in [-0.1, -0.05) is 13.3 Å². The molecule has 3 aromatic heterocycles. The number of hydrogen-bond acceptors (Lipinski definition) is 3. The first-order valence-electron chi connectivity index (χ1n) is 6.52. The standard InChI is InChI=1S/C16H15N3/c1-2-3-15-14-6-9-18-11-13(14)10-16(19-15)12-4-7-17-8-5-12/h4-11H,2-3H2,1H3. The quantitative estimate of drug-likeness (QED) is 0.711. The Labute approximate surface area is 112 Å². The Bertz CT molecular complexity index is 693. The maximum Gasteiger partial charge on any atom is 0.0713 e. The molecule has 3 rings (SSSR count). The second-order valence-electron chi connectivity index (χ2n) is 4.54. The van der Waals surface area contributed by atoms with Gasteiger partial charge in [-0.15, -0.1) is 0 Å². The Balaban J connectivity index is 2.22. The summed E-state index contributed by atoms with van der Waals surface area (Å²) in [4.78, 5) is 13.1. The number of rotatable bonds is 3. The second-order valence-corrected chi connectivity index (χ2v) is 4.54.